The Balaban J connectivity index is 2.42. The predicted octanol–water partition coefficient (Wildman–Crippen LogP) is 3.21. The van der Waals surface area contributed by atoms with Gasteiger partial charge < -0.3 is 10.6 Å². The standard InChI is InChI=1S/C15H19ClN4S/c1-9-13(14(17)21)15(20(4)18-9)19(3)10(2)11-5-7-12(16)8-6-11/h5-8,10H,1-4H3,(H2,17,21). The lowest BCUT2D eigenvalue weighted by Crippen LogP contribution is -2.26. The maximum atomic E-state index is 5.95. The number of aryl methyl sites for hydroxylation is 2. The number of hydrogen-bond acceptors (Lipinski definition) is 3. The monoisotopic (exact) mass is 322 g/mol. The maximum Gasteiger partial charge on any atom is 0.137 e. The van der Waals surface area contributed by atoms with Gasteiger partial charge in [-0.1, -0.05) is 36.0 Å². The van der Waals surface area contributed by atoms with E-state index in [0.717, 1.165) is 27.7 Å². The van der Waals surface area contributed by atoms with E-state index in [4.69, 9.17) is 29.6 Å². The number of aromatic nitrogens is 2. The number of thiocarbonyl (C=S) groups is 1. The first-order valence-corrected chi connectivity index (χ1v) is 7.43. The molecule has 4 nitrogen and oxygen atoms in total. The number of halogens is 1. The van der Waals surface area contributed by atoms with E-state index in [2.05, 4.69) is 16.9 Å². The van der Waals surface area contributed by atoms with Crippen LogP contribution in [0.25, 0.3) is 0 Å². The molecular weight excluding hydrogens is 304 g/mol. The van der Waals surface area contributed by atoms with Gasteiger partial charge in [0.25, 0.3) is 0 Å². The van der Waals surface area contributed by atoms with Crippen molar-refractivity contribution < 1.29 is 0 Å². The van der Waals surface area contributed by atoms with E-state index >= 15 is 0 Å². The van der Waals surface area contributed by atoms with Crippen molar-refractivity contribution in [3.8, 4) is 0 Å². The molecule has 0 saturated carbocycles. The summed E-state index contributed by atoms with van der Waals surface area (Å²) >= 11 is 11.1. The smallest absolute Gasteiger partial charge is 0.137 e. The van der Waals surface area contributed by atoms with E-state index in [1.165, 1.54) is 0 Å². The van der Waals surface area contributed by atoms with Crippen LogP contribution >= 0.6 is 23.8 Å². The van der Waals surface area contributed by atoms with E-state index in [0.29, 0.717) is 4.99 Å². The molecule has 1 unspecified atom stereocenters. The zero-order valence-electron chi connectivity index (χ0n) is 12.6. The molecule has 0 fully saturated rings. The number of nitrogens with zero attached hydrogens (tertiary/aromatic N) is 3. The average Bonchev–Trinajstić information content (AvgIpc) is 2.72. The summed E-state index contributed by atoms with van der Waals surface area (Å²) in [5.74, 6) is 0.919. The zero-order valence-corrected chi connectivity index (χ0v) is 14.2. The Morgan fingerprint density at radius 3 is 2.48 bits per heavy atom. The first kappa shape index (κ1) is 15.8. The van der Waals surface area contributed by atoms with Gasteiger partial charge in [0, 0.05) is 19.1 Å². The highest BCUT2D eigenvalue weighted by Gasteiger charge is 2.22. The van der Waals surface area contributed by atoms with Gasteiger partial charge in [0.15, 0.2) is 0 Å². The van der Waals surface area contributed by atoms with Gasteiger partial charge in [-0.2, -0.15) is 5.10 Å². The molecule has 21 heavy (non-hydrogen) atoms. The Hall–Kier alpha value is -1.59. The molecule has 2 aromatic rings. The Kier molecular flexibility index (Phi) is 4.54. The highest BCUT2D eigenvalue weighted by Crippen LogP contribution is 2.30. The van der Waals surface area contributed by atoms with Gasteiger partial charge in [-0.3, -0.25) is 4.68 Å². The first-order chi connectivity index (χ1) is 9.82. The summed E-state index contributed by atoms with van der Waals surface area (Å²) in [6, 6.07) is 7.97. The van der Waals surface area contributed by atoms with Crippen molar-refractivity contribution >= 4 is 34.6 Å². The molecule has 0 aliphatic carbocycles. The quantitative estimate of drug-likeness (QED) is 0.878. The van der Waals surface area contributed by atoms with Gasteiger partial charge in [-0.25, -0.2) is 0 Å². The largest absolute Gasteiger partial charge is 0.389 e. The second-order valence-corrected chi connectivity index (χ2v) is 5.99. The topological polar surface area (TPSA) is 47.1 Å². The summed E-state index contributed by atoms with van der Waals surface area (Å²) < 4.78 is 1.82. The lowest BCUT2D eigenvalue weighted by Gasteiger charge is -2.28. The lowest BCUT2D eigenvalue weighted by molar-refractivity contribution is 0.673. The van der Waals surface area contributed by atoms with Crippen molar-refractivity contribution in [2.75, 3.05) is 11.9 Å². The van der Waals surface area contributed by atoms with Gasteiger partial charge >= 0.3 is 0 Å². The average molecular weight is 323 g/mol. The number of benzene rings is 1. The Morgan fingerprint density at radius 1 is 1.38 bits per heavy atom. The fraction of sp³-hybridized carbons (Fsp3) is 0.333. The number of hydrogen-bond donors (Lipinski definition) is 1. The fourth-order valence-corrected chi connectivity index (χ4v) is 2.85. The van der Waals surface area contributed by atoms with Crippen molar-refractivity contribution in [1.29, 1.82) is 0 Å². The predicted molar refractivity (Wildman–Crippen MR) is 92.1 cm³/mol. The van der Waals surface area contributed by atoms with Crippen molar-refractivity contribution in [2.45, 2.75) is 19.9 Å². The molecule has 0 spiro atoms. The summed E-state index contributed by atoms with van der Waals surface area (Å²) in [4.78, 5) is 2.49. The molecule has 1 aromatic heterocycles. The molecule has 1 heterocycles. The van der Waals surface area contributed by atoms with Crippen LogP contribution in [0.3, 0.4) is 0 Å². The maximum absolute atomic E-state index is 5.95. The molecule has 2 N–H and O–H groups in total. The van der Waals surface area contributed by atoms with Gasteiger partial charge in [0.1, 0.15) is 10.8 Å². The Bertz CT molecular complexity index is 663. The van der Waals surface area contributed by atoms with Crippen LogP contribution in [-0.2, 0) is 7.05 Å². The molecule has 0 bridgehead atoms. The summed E-state index contributed by atoms with van der Waals surface area (Å²) in [6.45, 7) is 4.04. The molecule has 0 saturated heterocycles. The molecule has 0 aliphatic rings. The summed E-state index contributed by atoms with van der Waals surface area (Å²) in [5.41, 5.74) is 8.69. The van der Waals surface area contributed by atoms with Crippen LogP contribution in [0.4, 0.5) is 5.82 Å². The minimum absolute atomic E-state index is 0.144. The van der Waals surface area contributed by atoms with Crippen molar-refractivity contribution in [3.05, 3.63) is 46.1 Å². The van der Waals surface area contributed by atoms with E-state index in [1.54, 1.807) is 0 Å². The van der Waals surface area contributed by atoms with Crippen LogP contribution in [0.15, 0.2) is 24.3 Å². The normalized spacial score (nSPS) is 12.2. The molecule has 1 aromatic carbocycles. The van der Waals surface area contributed by atoms with Crippen LogP contribution < -0.4 is 10.6 Å². The van der Waals surface area contributed by atoms with Gasteiger partial charge in [0.05, 0.1) is 17.3 Å². The Labute approximate surface area is 135 Å². The van der Waals surface area contributed by atoms with E-state index < -0.39 is 0 Å². The highest BCUT2D eigenvalue weighted by molar-refractivity contribution is 7.80. The van der Waals surface area contributed by atoms with E-state index in [9.17, 15) is 0 Å². The van der Waals surface area contributed by atoms with Crippen LogP contribution in [0.1, 0.15) is 29.8 Å². The number of rotatable bonds is 4. The van der Waals surface area contributed by atoms with E-state index in [1.807, 2.05) is 50.0 Å². The third-order valence-corrected chi connectivity index (χ3v) is 4.16. The second kappa shape index (κ2) is 6.03. The molecule has 0 aliphatic heterocycles. The molecule has 112 valence electrons. The lowest BCUT2D eigenvalue weighted by atomic mass is 10.1. The van der Waals surface area contributed by atoms with Crippen molar-refractivity contribution in [2.24, 2.45) is 12.8 Å². The molecule has 6 heteroatoms. The van der Waals surface area contributed by atoms with Crippen LogP contribution in [0.2, 0.25) is 5.02 Å². The minimum atomic E-state index is 0.144. The Morgan fingerprint density at radius 2 is 1.95 bits per heavy atom. The van der Waals surface area contributed by atoms with Gasteiger partial charge in [0.2, 0.25) is 0 Å². The third kappa shape index (κ3) is 3.04. The summed E-state index contributed by atoms with van der Waals surface area (Å²) in [5, 5.41) is 5.16. The van der Waals surface area contributed by atoms with Crippen LogP contribution in [0, 0.1) is 6.92 Å². The van der Waals surface area contributed by atoms with Crippen molar-refractivity contribution in [3.63, 3.8) is 0 Å². The molecule has 1 atom stereocenters. The highest BCUT2D eigenvalue weighted by atomic mass is 35.5. The summed E-state index contributed by atoms with van der Waals surface area (Å²) in [6.07, 6.45) is 0. The minimum Gasteiger partial charge on any atom is -0.389 e. The molecule has 0 amide bonds. The third-order valence-electron chi connectivity index (χ3n) is 3.71. The van der Waals surface area contributed by atoms with Crippen LogP contribution in [0.5, 0.6) is 0 Å². The molecular formula is C15H19ClN4S. The molecule has 0 radical (unpaired) electrons. The van der Waals surface area contributed by atoms with E-state index in [-0.39, 0.29) is 6.04 Å². The fourth-order valence-electron chi connectivity index (χ4n) is 2.49. The summed E-state index contributed by atoms with van der Waals surface area (Å²) in [7, 11) is 3.91. The number of nitrogens with two attached hydrogens (primary N) is 1. The van der Waals surface area contributed by atoms with Crippen LogP contribution in [-0.4, -0.2) is 21.8 Å². The zero-order chi connectivity index (χ0) is 15.7. The van der Waals surface area contributed by atoms with Gasteiger partial charge in [-0.15, -0.1) is 0 Å². The molecule has 2 rings (SSSR count). The SMILES string of the molecule is Cc1nn(C)c(N(C)C(C)c2ccc(Cl)cc2)c1C(N)=S. The first-order valence-electron chi connectivity index (χ1n) is 6.64. The van der Waals surface area contributed by atoms with Gasteiger partial charge in [-0.05, 0) is 31.5 Å². The second-order valence-electron chi connectivity index (χ2n) is 5.11. The van der Waals surface area contributed by atoms with Crippen molar-refractivity contribution in [1.82, 2.24) is 9.78 Å². The number of anilines is 1.